The highest BCUT2D eigenvalue weighted by Gasteiger charge is 2.07. The van der Waals surface area contributed by atoms with Crippen molar-refractivity contribution in [1.82, 2.24) is 10.6 Å². The Bertz CT molecular complexity index is 612. The van der Waals surface area contributed by atoms with E-state index in [1.165, 1.54) is 10.9 Å². The van der Waals surface area contributed by atoms with Crippen molar-refractivity contribution >= 4 is 17.3 Å². The minimum Gasteiger partial charge on any atom is -0.357 e. The number of hydrogen-bond donors (Lipinski definition) is 2. The van der Waals surface area contributed by atoms with E-state index in [1.54, 1.807) is 17.4 Å². The van der Waals surface area contributed by atoms with Gasteiger partial charge in [-0.2, -0.15) is 0 Å². The summed E-state index contributed by atoms with van der Waals surface area (Å²) in [5.41, 5.74) is 0.363. The summed E-state index contributed by atoms with van der Waals surface area (Å²) >= 11 is 1.65. The van der Waals surface area contributed by atoms with Crippen LogP contribution < -0.4 is 10.6 Å². The molecular weight excluding hydrogens is 304 g/mol. The van der Waals surface area contributed by atoms with Gasteiger partial charge < -0.3 is 10.6 Å². The topological polar surface area (TPSA) is 36.4 Å². The van der Waals surface area contributed by atoms with E-state index in [2.05, 4.69) is 15.6 Å². The van der Waals surface area contributed by atoms with Gasteiger partial charge in [-0.15, -0.1) is 11.3 Å². The van der Waals surface area contributed by atoms with Gasteiger partial charge in [-0.3, -0.25) is 0 Å². The molecule has 22 heavy (non-hydrogen) atoms. The first-order valence-electron chi connectivity index (χ1n) is 7.18. The third-order valence-electron chi connectivity index (χ3n) is 3.04. The van der Waals surface area contributed by atoms with Crippen molar-refractivity contribution in [3.8, 4) is 0 Å². The molecule has 2 N–H and O–H groups in total. The first-order valence-corrected chi connectivity index (χ1v) is 8.06. The number of halogens is 2. The van der Waals surface area contributed by atoms with Crippen molar-refractivity contribution in [2.45, 2.75) is 19.9 Å². The second-order valence-corrected chi connectivity index (χ2v) is 5.70. The molecule has 0 bridgehead atoms. The van der Waals surface area contributed by atoms with Gasteiger partial charge in [0.25, 0.3) is 0 Å². The molecule has 0 unspecified atom stereocenters. The predicted molar refractivity (Wildman–Crippen MR) is 87.2 cm³/mol. The highest BCUT2D eigenvalue weighted by atomic mass is 32.1. The van der Waals surface area contributed by atoms with E-state index in [1.807, 2.05) is 24.4 Å². The van der Waals surface area contributed by atoms with Gasteiger partial charge in [-0.1, -0.05) is 18.2 Å². The van der Waals surface area contributed by atoms with E-state index in [0.29, 0.717) is 31.0 Å². The van der Waals surface area contributed by atoms with Gasteiger partial charge in [0.05, 0.1) is 6.54 Å². The molecular formula is C16H19F2N3S. The van der Waals surface area contributed by atoms with E-state index >= 15 is 0 Å². The molecule has 0 amide bonds. The normalized spacial score (nSPS) is 11.5. The maximum absolute atomic E-state index is 13.6. The van der Waals surface area contributed by atoms with Crippen LogP contribution in [0.25, 0.3) is 0 Å². The average Bonchev–Trinajstić information content (AvgIpc) is 3.02. The quantitative estimate of drug-likeness (QED) is 0.632. The maximum atomic E-state index is 13.6. The monoisotopic (exact) mass is 323 g/mol. The molecule has 0 radical (unpaired) electrons. The van der Waals surface area contributed by atoms with Gasteiger partial charge in [0, 0.05) is 18.0 Å². The van der Waals surface area contributed by atoms with Crippen molar-refractivity contribution in [2.24, 2.45) is 4.99 Å². The lowest BCUT2D eigenvalue weighted by molar-refractivity contribution is 0.498. The number of benzene rings is 1. The third kappa shape index (κ3) is 4.80. The van der Waals surface area contributed by atoms with Crippen molar-refractivity contribution in [2.75, 3.05) is 13.1 Å². The molecule has 0 aliphatic carbocycles. The number of aliphatic imine (C=N–C) groups is 1. The third-order valence-corrected chi connectivity index (χ3v) is 3.90. The predicted octanol–water partition coefficient (Wildman–Crippen LogP) is 3.32. The summed E-state index contributed by atoms with van der Waals surface area (Å²) in [5.74, 6) is -0.909. The Balaban J connectivity index is 1.88. The molecule has 118 valence electrons. The molecule has 1 heterocycles. The molecule has 0 saturated carbocycles. The van der Waals surface area contributed by atoms with Gasteiger partial charge >= 0.3 is 0 Å². The molecule has 2 rings (SSSR count). The van der Waals surface area contributed by atoms with E-state index < -0.39 is 11.6 Å². The summed E-state index contributed by atoms with van der Waals surface area (Å²) in [5, 5.41) is 8.28. The lowest BCUT2D eigenvalue weighted by atomic mass is 10.1. The minimum absolute atomic E-state index is 0.363. The molecule has 2 aromatic rings. The van der Waals surface area contributed by atoms with Crippen LogP contribution in [0.2, 0.25) is 0 Å². The van der Waals surface area contributed by atoms with Gasteiger partial charge in [-0.25, -0.2) is 13.8 Å². The standard InChI is InChI=1S/C16H19F2N3S/c1-2-19-16(21-11-13-6-4-10-22-13)20-9-8-12-5-3-7-14(17)15(12)18/h3-7,10H,2,8-9,11H2,1H3,(H2,19,20,21). The number of thiophene rings is 1. The Labute approximate surface area is 133 Å². The molecule has 0 saturated heterocycles. The Hall–Kier alpha value is -1.95. The fourth-order valence-electron chi connectivity index (χ4n) is 1.96. The largest absolute Gasteiger partial charge is 0.357 e. The maximum Gasteiger partial charge on any atom is 0.191 e. The van der Waals surface area contributed by atoms with Crippen molar-refractivity contribution < 1.29 is 8.78 Å². The Kier molecular flexibility index (Phi) is 6.33. The van der Waals surface area contributed by atoms with Crippen LogP contribution in [-0.4, -0.2) is 19.0 Å². The Morgan fingerprint density at radius 1 is 1.18 bits per heavy atom. The summed E-state index contributed by atoms with van der Waals surface area (Å²) in [7, 11) is 0. The van der Waals surface area contributed by atoms with Crippen LogP contribution in [0.3, 0.4) is 0 Å². The summed E-state index contributed by atoms with van der Waals surface area (Å²) in [6.07, 6.45) is 0.396. The second-order valence-electron chi connectivity index (χ2n) is 4.66. The molecule has 6 heteroatoms. The molecule has 1 aromatic heterocycles. The van der Waals surface area contributed by atoms with Crippen LogP contribution in [-0.2, 0) is 13.0 Å². The summed E-state index contributed by atoms with van der Waals surface area (Å²) < 4.78 is 26.7. The van der Waals surface area contributed by atoms with Gasteiger partial charge in [0.1, 0.15) is 0 Å². The van der Waals surface area contributed by atoms with Crippen LogP contribution in [0.4, 0.5) is 8.78 Å². The van der Waals surface area contributed by atoms with Crippen LogP contribution in [0.15, 0.2) is 40.7 Å². The van der Waals surface area contributed by atoms with Crippen molar-refractivity contribution in [3.63, 3.8) is 0 Å². The Morgan fingerprint density at radius 3 is 2.77 bits per heavy atom. The van der Waals surface area contributed by atoms with Crippen LogP contribution in [0, 0.1) is 11.6 Å². The second kappa shape index (κ2) is 8.48. The number of nitrogens with zero attached hydrogens (tertiary/aromatic N) is 1. The van der Waals surface area contributed by atoms with Gasteiger partial charge in [-0.05, 0) is 36.4 Å². The van der Waals surface area contributed by atoms with Crippen molar-refractivity contribution in [3.05, 3.63) is 57.8 Å². The fourth-order valence-corrected chi connectivity index (χ4v) is 2.59. The SMILES string of the molecule is CCNC(=NCc1cccs1)NCCc1cccc(F)c1F. The van der Waals surface area contributed by atoms with E-state index in [9.17, 15) is 8.78 Å². The number of nitrogens with one attached hydrogen (secondary N) is 2. The van der Waals surface area contributed by atoms with Crippen LogP contribution in [0.1, 0.15) is 17.4 Å². The van der Waals surface area contributed by atoms with E-state index in [4.69, 9.17) is 0 Å². The zero-order valence-electron chi connectivity index (χ0n) is 12.4. The first-order chi connectivity index (χ1) is 10.7. The lowest BCUT2D eigenvalue weighted by Gasteiger charge is -2.11. The zero-order chi connectivity index (χ0) is 15.8. The van der Waals surface area contributed by atoms with E-state index in [-0.39, 0.29) is 0 Å². The summed E-state index contributed by atoms with van der Waals surface area (Å²) in [6, 6.07) is 8.25. The fraction of sp³-hybridized carbons (Fsp3) is 0.312. The molecule has 0 fully saturated rings. The molecule has 0 aliphatic heterocycles. The van der Waals surface area contributed by atoms with Gasteiger partial charge in [0.2, 0.25) is 0 Å². The van der Waals surface area contributed by atoms with Crippen LogP contribution >= 0.6 is 11.3 Å². The average molecular weight is 323 g/mol. The molecule has 1 aromatic carbocycles. The number of rotatable bonds is 6. The molecule has 0 atom stereocenters. The minimum atomic E-state index is -0.809. The smallest absolute Gasteiger partial charge is 0.191 e. The summed E-state index contributed by atoms with van der Waals surface area (Å²) in [4.78, 5) is 5.64. The summed E-state index contributed by atoms with van der Waals surface area (Å²) in [6.45, 7) is 3.80. The van der Waals surface area contributed by atoms with E-state index in [0.717, 1.165) is 12.6 Å². The Morgan fingerprint density at radius 2 is 2.05 bits per heavy atom. The van der Waals surface area contributed by atoms with Crippen LogP contribution in [0.5, 0.6) is 0 Å². The first kappa shape index (κ1) is 16.4. The highest BCUT2D eigenvalue weighted by Crippen LogP contribution is 2.11. The number of hydrogen-bond acceptors (Lipinski definition) is 2. The number of guanidine groups is 1. The lowest BCUT2D eigenvalue weighted by Crippen LogP contribution is -2.38. The molecule has 0 spiro atoms. The molecule has 0 aliphatic rings. The zero-order valence-corrected chi connectivity index (χ0v) is 13.2. The molecule has 3 nitrogen and oxygen atoms in total. The van der Waals surface area contributed by atoms with Crippen molar-refractivity contribution in [1.29, 1.82) is 0 Å². The highest BCUT2D eigenvalue weighted by molar-refractivity contribution is 7.09. The van der Waals surface area contributed by atoms with Gasteiger partial charge in [0.15, 0.2) is 17.6 Å².